The summed E-state index contributed by atoms with van der Waals surface area (Å²) in [6, 6.07) is 14.1. The van der Waals surface area contributed by atoms with E-state index >= 15 is 0 Å². The highest BCUT2D eigenvalue weighted by Crippen LogP contribution is 2.46. The van der Waals surface area contributed by atoms with E-state index in [2.05, 4.69) is 57.3 Å². The van der Waals surface area contributed by atoms with Crippen LogP contribution in [0.15, 0.2) is 58.5 Å². The summed E-state index contributed by atoms with van der Waals surface area (Å²) in [5.74, 6) is 0.430. The molecule has 1 fully saturated rings. The van der Waals surface area contributed by atoms with Gasteiger partial charge in [-0.15, -0.1) is 0 Å². The number of hydrogen-bond acceptors (Lipinski definition) is 4. The van der Waals surface area contributed by atoms with Gasteiger partial charge in [0, 0.05) is 11.3 Å². The average molecular weight is 466 g/mol. The quantitative estimate of drug-likeness (QED) is 0.550. The minimum Gasteiger partial charge on any atom is -0.325 e. The van der Waals surface area contributed by atoms with Gasteiger partial charge in [0.25, 0.3) is 0 Å². The Bertz CT molecular complexity index is 1060. The zero-order valence-corrected chi connectivity index (χ0v) is 20.6. The van der Waals surface area contributed by atoms with E-state index in [1.165, 1.54) is 29.5 Å². The smallest absolute Gasteiger partial charge is 0.234 e. The van der Waals surface area contributed by atoms with Gasteiger partial charge in [0.2, 0.25) is 5.91 Å². The summed E-state index contributed by atoms with van der Waals surface area (Å²) < 4.78 is 13.1. The molecule has 1 saturated carbocycles. The summed E-state index contributed by atoms with van der Waals surface area (Å²) in [5, 5.41) is 3.66. The van der Waals surface area contributed by atoms with Crippen molar-refractivity contribution < 1.29 is 9.18 Å². The molecule has 0 bridgehead atoms. The van der Waals surface area contributed by atoms with Crippen LogP contribution in [0.25, 0.3) is 0 Å². The maximum Gasteiger partial charge on any atom is 0.234 e. The van der Waals surface area contributed by atoms with Crippen LogP contribution >= 0.6 is 11.8 Å². The van der Waals surface area contributed by atoms with Crippen molar-refractivity contribution in [3.05, 3.63) is 65.5 Å². The summed E-state index contributed by atoms with van der Waals surface area (Å²) in [6.07, 6.45) is 4.10. The Kier molecular flexibility index (Phi) is 6.76. The first-order valence-corrected chi connectivity index (χ1v) is 12.6. The molecule has 1 heterocycles. The molecular weight excluding hydrogens is 433 g/mol. The summed E-state index contributed by atoms with van der Waals surface area (Å²) in [5.41, 5.74) is 3.60. The number of carbonyl (C=O) groups excluding carboxylic acids is 1. The van der Waals surface area contributed by atoms with Crippen molar-refractivity contribution in [2.45, 2.75) is 59.0 Å². The van der Waals surface area contributed by atoms with Crippen LogP contribution in [0.4, 0.5) is 10.1 Å². The number of carbonyl (C=O) groups is 1. The van der Waals surface area contributed by atoms with Crippen LogP contribution in [0.1, 0.15) is 57.6 Å². The van der Waals surface area contributed by atoms with E-state index in [9.17, 15) is 9.18 Å². The second kappa shape index (κ2) is 9.41. The molecule has 2 aromatic rings. The first-order chi connectivity index (χ1) is 15.6. The fraction of sp³-hybridized carbons (Fsp3) is 0.444. The molecule has 0 atom stereocenters. The van der Waals surface area contributed by atoms with E-state index in [1.807, 2.05) is 0 Å². The third-order valence-electron chi connectivity index (χ3n) is 6.64. The number of aliphatic imine (C=N–C) groups is 2. The molecule has 0 radical (unpaired) electrons. The Hall–Kier alpha value is -2.47. The molecular formula is C27H32FN3OS. The molecule has 1 N–H and O–H groups in total. The highest BCUT2D eigenvalue weighted by molar-refractivity contribution is 8.16. The monoisotopic (exact) mass is 465 g/mol. The SMILES string of the molecule is Cc1ccc(C2=NC3(CCC(C(C)(C)C)CC3)N=C2SCC(=O)Nc2ccc(F)cc2)cc1. The van der Waals surface area contributed by atoms with Crippen LogP contribution < -0.4 is 5.32 Å². The molecule has 0 saturated heterocycles. The molecule has 1 amide bonds. The van der Waals surface area contributed by atoms with Crippen molar-refractivity contribution in [3.8, 4) is 0 Å². The summed E-state index contributed by atoms with van der Waals surface area (Å²) >= 11 is 1.43. The van der Waals surface area contributed by atoms with Crippen LogP contribution in [0.5, 0.6) is 0 Å². The fourth-order valence-electron chi connectivity index (χ4n) is 4.56. The van der Waals surface area contributed by atoms with Crippen molar-refractivity contribution in [2.24, 2.45) is 21.3 Å². The lowest BCUT2D eigenvalue weighted by atomic mass is 9.70. The van der Waals surface area contributed by atoms with E-state index in [0.29, 0.717) is 17.0 Å². The second-order valence-electron chi connectivity index (χ2n) is 10.2. The lowest BCUT2D eigenvalue weighted by molar-refractivity contribution is -0.113. The molecule has 4 nitrogen and oxygen atoms in total. The van der Waals surface area contributed by atoms with Gasteiger partial charge in [0.15, 0.2) is 5.66 Å². The molecule has 1 aliphatic carbocycles. The minimum absolute atomic E-state index is 0.144. The third kappa shape index (κ3) is 5.72. The molecule has 2 aromatic carbocycles. The molecule has 6 heteroatoms. The standard InChI is InChI=1S/C27H32FN3OS/c1-18-5-7-19(8-6-18)24-25(33-17-23(32)29-22-11-9-21(28)10-12-22)31-27(30-24)15-13-20(14-16-27)26(2,3)4/h5-12,20H,13-17H2,1-4H3,(H,29,32). The normalized spacial score (nSPS) is 22.8. The fourth-order valence-corrected chi connectivity index (χ4v) is 5.43. The second-order valence-corrected chi connectivity index (χ2v) is 11.2. The van der Waals surface area contributed by atoms with Crippen molar-refractivity contribution in [1.29, 1.82) is 0 Å². The minimum atomic E-state index is -0.405. The number of nitrogens with zero attached hydrogens (tertiary/aromatic N) is 2. The lowest BCUT2D eigenvalue weighted by Crippen LogP contribution is -2.34. The number of anilines is 1. The maximum absolute atomic E-state index is 13.1. The van der Waals surface area contributed by atoms with E-state index in [-0.39, 0.29) is 17.5 Å². The Balaban J connectivity index is 1.50. The van der Waals surface area contributed by atoms with Gasteiger partial charge >= 0.3 is 0 Å². The molecule has 1 aliphatic heterocycles. The number of aryl methyl sites for hydroxylation is 1. The largest absolute Gasteiger partial charge is 0.325 e. The number of amides is 1. The predicted octanol–water partition coefficient (Wildman–Crippen LogP) is 6.64. The average Bonchev–Trinajstić information content (AvgIpc) is 3.12. The Labute approximate surface area is 200 Å². The van der Waals surface area contributed by atoms with Gasteiger partial charge < -0.3 is 5.32 Å². The number of halogens is 1. The van der Waals surface area contributed by atoms with Crippen molar-refractivity contribution >= 4 is 34.1 Å². The number of hydrogen-bond donors (Lipinski definition) is 1. The molecule has 4 rings (SSSR count). The first kappa shape index (κ1) is 23.7. The molecule has 0 aromatic heterocycles. The van der Waals surface area contributed by atoms with Gasteiger partial charge in [0.1, 0.15) is 10.9 Å². The van der Waals surface area contributed by atoms with Gasteiger partial charge in [-0.2, -0.15) is 0 Å². The number of nitrogens with one attached hydrogen (secondary N) is 1. The van der Waals surface area contributed by atoms with Crippen LogP contribution in [-0.4, -0.2) is 28.1 Å². The van der Waals surface area contributed by atoms with Gasteiger partial charge in [-0.05, 0) is 68.2 Å². The molecule has 0 unspecified atom stereocenters. The van der Waals surface area contributed by atoms with Gasteiger partial charge in [-0.1, -0.05) is 62.4 Å². The number of benzene rings is 2. The zero-order chi connectivity index (χ0) is 23.6. The Morgan fingerprint density at radius 3 is 2.30 bits per heavy atom. The van der Waals surface area contributed by atoms with Crippen LogP contribution in [0.2, 0.25) is 0 Å². The van der Waals surface area contributed by atoms with E-state index in [0.717, 1.165) is 42.0 Å². The topological polar surface area (TPSA) is 53.8 Å². The Morgan fingerprint density at radius 2 is 1.70 bits per heavy atom. The van der Waals surface area contributed by atoms with Gasteiger partial charge in [-0.3, -0.25) is 9.79 Å². The Morgan fingerprint density at radius 1 is 1.06 bits per heavy atom. The summed E-state index contributed by atoms with van der Waals surface area (Å²) in [6.45, 7) is 9.01. The van der Waals surface area contributed by atoms with Crippen molar-refractivity contribution in [2.75, 3.05) is 11.1 Å². The van der Waals surface area contributed by atoms with E-state index < -0.39 is 5.66 Å². The van der Waals surface area contributed by atoms with Crippen molar-refractivity contribution in [3.63, 3.8) is 0 Å². The van der Waals surface area contributed by atoms with Gasteiger partial charge in [-0.25, -0.2) is 9.38 Å². The molecule has 1 spiro atoms. The van der Waals surface area contributed by atoms with Crippen LogP contribution in [0, 0.1) is 24.1 Å². The van der Waals surface area contributed by atoms with Crippen LogP contribution in [-0.2, 0) is 4.79 Å². The van der Waals surface area contributed by atoms with Gasteiger partial charge in [0.05, 0.1) is 11.5 Å². The van der Waals surface area contributed by atoms with E-state index in [1.54, 1.807) is 12.1 Å². The molecule has 2 aliphatic rings. The maximum atomic E-state index is 13.1. The molecule has 174 valence electrons. The van der Waals surface area contributed by atoms with E-state index in [4.69, 9.17) is 9.98 Å². The highest BCUT2D eigenvalue weighted by Gasteiger charge is 2.42. The first-order valence-electron chi connectivity index (χ1n) is 11.6. The predicted molar refractivity (Wildman–Crippen MR) is 137 cm³/mol. The third-order valence-corrected chi connectivity index (χ3v) is 7.60. The van der Waals surface area contributed by atoms with Crippen LogP contribution in [0.3, 0.4) is 0 Å². The molecule has 33 heavy (non-hydrogen) atoms. The highest BCUT2D eigenvalue weighted by atomic mass is 32.2. The van der Waals surface area contributed by atoms with Crippen molar-refractivity contribution in [1.82, 2.24) is 0 Å². The summed E-state index contributed by atoms with van der Waals surface area (Å²) in [7, 11) is 0. The number of rotatable bonds is 4. The summed E-state index contributed by atoms with van der Waals surface area (Å²) in [4.78, 5) is 22.8. The number of thioether (sulfide) groups is 1. The lowest BCUT2D eigenvalue weighted by Gasteiger charge is -2.39. The zero-order valence-electron chi connectivity index (χ0n) is 19.8.